The largest absolute Gasteiger partial charge is 0.444 e. The second kappa shape index (κ2) is 8.21. The quantitative estimate of drug-likeness (QED) is 0.630. The molecule has 2 aromatic rings. The van der Waals surface area contributed by atoms with E-state index in [4.69, 9.17) is 9.15 Å². The minimum atomic E-state index is -0.559. The maximum Gasteiger partial charge on any atom is 0.407 e. The summed E-state index contributed by atoms with van der Waals surface area (Å²) in [4.78, 5) is 39.2. The third-order valence-corrected chi connectivity index (χ3v) is 3.90. The molecule has 2 heterocycles. The first-order valence-corrected chi connectivity index (χ1v) is 8.87. The van der Waals surface area contributed by atoms with Gasteiger partial charge in [0.15, 0.2) is 0 Å². The predicted molar refractivity (Wildman–Crippen MR) is 94.2 cm³/mol. The molecule has 0 atom stereocenters. The molecule has 11 heteroatoms. The van der Waals surface area contributed by atoms with Gasteiger partial charge in [-0.1, -0.05) is 11.8 Å². The third-order valence-electron chi connectivity index (χ3n) is 3.05. The maximum absolute atomic E-state index is 11.8. The van der Waals surface area contributed by atoms with Crippen LogP contribution in [-0.2, 0) is 16.9 Å². The van der Waals surface area contributed by atoms with Gasteiger partial charge in [0.2, 0.25) is 5.89 Å². The fourth-order valence-electron chi connectivity index (χ4n) is 1.92. The Hall–Kier alpha value is -2.56. The molecule has 0 saturated heterocycles. The Morgan fingerprint density at radius 1 is 1.27 bits per heavy atom. The summed E-state index contributed by atoms with van der Waals surface area (Å²) in [6.07, 6.45) is -0.162. The second-order valence-corrected chi connectivity index (χ2v) is 7.37. The maximum atomic E-state index is 11.8. The van der Waals surface area contributed by atoms with Crippen molar-refractivity contribution in [2.45, 2.75) is 50.7 Å². The third kappa shape index (κ3) is 6.06. The SMILES string of the molecule is Cc1[nH]c(=O)[nH]c(=O)c1CSc1nnc(CCNC(=O)OC(C)(C)C)o1. The first kappa shape index (κ1) is 19.8. The fraction of sp³-hybridized carbons (Fsp3) is 0.533. The van der Waals surface area contributed by atoms with Crippen molar-refractivity contribution in [3.8, 4) is 0 Å². The summed E-state index contributed by atoms with van der Waals surface area (Å²) in [6.45, 7) is 7.28. The highest BCUT2D eigenvalue weighted by Crippen LogP contribution is 2.20. The average molecular weight is 383 g/mol. The number of thioether (sulfide) groups is 1. The van der Waals surface area contributed by atoms with E-state index in [9.17, 15) is 14.4 Å². The zero-order chi connectivity index (χ0) is 19.3. The van der Waals surface area contributed by atoms with E-state index >= 15 is 0 Å². The van der Waals surface area contributed by atoms with Crippen molar-refractivity contribution in [1.29, 1.82) is 0 Å². The molecule has 0 aliphatic heterocycles. The van der Waals surface area contributed by atoms with Gasteiger partial charge in [0.1, 0.15) is 5.60 Å². The molecular weight excluding hydrogens is 362 g/mol. The van der Waals surface area contributed by atoms with Gasteiger partial charge in [0.25, 0.3) is 10.8 Å². The van der Waals surface area contributed by atoms with Crippen LogP contribution in [0.1, 0.15) is 37.9 Å². The van der Waals surface area contributed by atoms with Crippen molar-refractivity contribution in [3.63, 3.8) is 0 Å². The number of nitrogens with one attached hydrogen (secondary N) is 3. The lowest BCUT2D eigenvalue weighted by molar-refractivity contribution is 0.0528. The summed E-state index contributed by atoms with van der Waals surface area (Å²) < 4.78 is 10.6. The first-order valence-electron chi connectivity index (χ1n) is 7.88. The lowest BCUT2D eigenvalue weighted by Crippen LogP contribution is -2.33. The molecule has 0 aliphatic rings. The number of carbonyl (C=O) groups is 1. The molecule has 0 fully saturated rings. The number of alkyl carbamates (subject to hydrolysis) is 1. The number of aryl methyl sites for hydroxylation is 1. The number of aromatic amines is 2. The van der Waals surface area contributed by atoms with Crippen LogP contribution >= 0.6 is 11.8 Å². The molecule has 0 unspecified atom stereocenters. The number of hydrogen-bond donors (Lipinski definition) is 3. The van der Waals surface area contributed by atoms with Crippen LogP contribution < -0.4 is 16.6 Å². The van der Waals surface area contributed by atoms with E-state index in [2.05, 4.69) is 25.5 Å². The van der Waals surface area contributed by atoms with Crippen molar-refractivity contribution in [2.24, 2.45) is 0 Å². The van der Waals surface area contributed by atoms with Gasteiger partial charge in [-0.2, -0.15) is 0 Å². The predicted octanol–water partition coefficient (Wildman–Crippen LogP) is 1.11. The number of rotatable bonds is 6. The van der Waals surface area contributed by atoms with Crippen LogP contribution in [0.3, 0.4) is 0 Å². The highest BCUT2D eigenvalue weighted by Gasteiger charge is 2.16. The monoisotopic (exact) mass is 383 g/mol. The zero-order valence-corrected chi connectivity index (χ0v) is 15.8. The van der Waals surface area contributed by atoms with Gasteiger partial charge in [0.05, 0.1) is 0 Å². The molecule has 2 rings (SSSR count). The summed E-state index contributed by atoms with van der Waals surface area (Å²) in [5.41, 5.74) is -0.622. The standard InChI is InChI=1S/C15H21N5O5S/c1-8-9(11(21)18-12(22)17-8)7-26-14-20-19-10(24-14)5-6-16-13(23)25-15(2,3)4/h5-7H2,1-4H3,(H,16,23)(H2,17,18,21,22). The fourth-order valence-corrected chi connectivity index (χ4v) is 2.79. The van der Waals surface area contributed by atoms with E-state index < -0.39 is 22.9 Å². The Labute approximate surface area is 153 Å². The second-order valence-electron chi connectivity index (χ2n) is 6.44. The summed E-state index contributed by atoms with van der Waals surface area (Å²) >= 11 is 1.18. The highest BCUT2D eigenvalue weighted by molar-refractivity contribution is 7.98. The van der Waals surface area contributed by atoms with Crippen molar-refractivity contribution in [2.75, 3.05) is 6.54 Å². The Balaban J connectivity index is 1.84. The molecule has 0 bridgehead atoms. The van der Waals surface area contributed by atoms with Crippen LogP contribution in [0.25, 0.3) is 0 Å². The Bertz CT molecular complexity index is 880. The molecule has 0 spiro atoms. The first-order chi connectivity index (χ1) is 12.1. The minimum absolute atomic E-state index is 0.274. The van der Waals surface area contributed by atoms with Crippen molar-refractivity contribution in [1.82, 2.24) is 25.5 Å². The smallest absolute Gasteiger partial charge is 0.407 e. The molecular formula is C15H21N5O5S. The Kier molecular flexibility index (Phi) is 6.24. The van der Waals surface area contributed by atoms with Gasteiger partial charge < -0.3 is 19.5 Å². The number of ether oxygens (including phenoxy) is 1. The highest BCUT2D eigenvalue weighted by atomic mass is 32.2. The van der Waals surface area contributed by atoms with Crippen LogP contribution in [0.4, 0.5) is 4.79 Å². The molecule has 10 nitrogen and oxygen atoms in total. The minimum Gasteiger partial charge on any atom is -0.444 e. The van der Waals surface area contributed by atoms with E-state index in [1.54, 1.807) is 27.7 Å². The number of amides is 1. The number of nitrogens with zero attached hydrogens (tertiary/aromatic N) is 2. The van der Waals surface area contributed by atoms with Crippen LogP contribution in [-0.4, -0.2) is 38.4 Å². The van der Waals surface area contributed by atoms with Crippen molar-refractivity contribution < 1.29 is 13.9 Å². The van der Waals surface area contributed by atoms with Crippen LogP contribution in [0, 0.1) is 6.92 Å². The molecule has 26 heavy (non-hydrogen) atoms. The van der Waals surface area contributed by atoms with Gasteiger partial charge in [-0.15, -0.1) is 10.2 Å². The van der Waals surface area contributed by atoms with Gasteiger partial charge in [0, 0.05) is 30.0 Å². The molecule has 0 radical (unpaired) electrons. The Morgan fingerprint density at radius 2 is 2.00 bits per heavy atom. The lowest BCUT2D eigenvalue weighted by atomic mass is 10.2. The molecule has 3 N–H and O–H groups in total. The molecule has 0 aromatic carbocycles. The lowest BCUT2D eigenvalue weighted by Gasteiger charge is -2.19. The summed E-state index contributed by atoms with van der Waals surface area (Å²) in [5, 5.41) is 10.7. The molecule has 0 saturated carbocycles. The van der Waals surface area contributed by atoms with E-state index in [-0.39, 0.29) is 5.75 Å². The van der Waals surface area contributed by atoms with E-state index in [0.717, 1.165) is 0 Å². The number of H-pyrrole nitrogens is 2. The number of carbonyl (C=O) groups excluding carboxylic acids is 1. The van der Waals surface area contributed by atoms with Crippen molar-refractivity contribution >= 4 is 17.9 Å². The molecule has 0 aliphatic carbocycles. The summed E-state index contributed by atoms with van der Waals surface area (Å²) in [7, 11) is 0. The van der Waals surface area contributed by atoms with E-state index in [1.165, 1.54) is 11.8 Å². The van der Waals surface area contributed by atoms with Crippen LogP contribution in [0.2, 0.25) is 0 Å². The Morgan fingerprint density at radius 3 is 2.65 bits per heavy atom. The number of hydrogen-bond acceptors (Lipinski definition) is 8. The van der Waals surface area contributed by atoms with Crippen LogP contribution in [0.15, 0.2) is 19.2 Å². The number of aromatic nitrogens is 4. The molecule has 2 aromatic heterocycles. The summed E-state index contributed by atoms with van der Waals surface area (Å²) in [6, 6.07) is 0. The van der Waals surface area contributed by atoms with Gasteiger partial charge in [-0.25, -0.2) is 9.59 Å². The average Bonchev–Trinajstić information content (AvgIpc) is 2.92. The normalized spacial score (nSPS) is 11.4. The van der Waals surface area contributed by atoms with Crippen LogP contribution in [0.5, 0.6) is 0 Å². The molecule has 1 amide bonds. The topological polar surface area (TPSA) is 143 Å². The van der Waals surface area contributed by atoms with Gasteiger partial charge >= 0.3 is 11.8 Å². The van der Waals surface area contributed by atoms with Crippen molar-refractivity contribution in [3.05, 3.63) is 38.0 Å². The van der Waals surface area contributed by atoms with E-state index in [1.807, 2.05) is 0 Å². The molecule has 142 valence electrons. The summed E-state index contributed by atoms with van der Waals surface area (Å²) in [5.74, 6) is 0.631. The van der Waals surface area contributed by atoms with E-state index in [0.29, 0.717) is 35.3 Å². The van der Waals surface area contributed by atoms with Gasteiger partial charge in [-0.05, 0) is 27.7 Å². The van der Waals surface area contributed by atoms with Gasteiger partial charge in [-0.3, -0.25) is 9.78 Å². The zero-order valence-electron chi connectivity index (χ0n) is 15.0.